The first-order valence-electron chi connectivity index (χ1n) is 9.21. The Bertz CT molecular complexity index is 634. The van der Waals surface area contributed by atoms with Crippen molar-refractivity contribution in [2.45, 2.75) is 77.4 Å². The zero-order valence-corrected chi connectivity index (χ0v) is 15.9. The Morgan fingerprint density at radius 2 is 1.83 bits per heavy atom. The minimum Gasteiger partial charge on any atom is -0.508 e. The molecule has 2 aliphatic carbocycles. The lowest BCUT2D eigenvalue weighted by Gasteiger charge is -2.57. The second kappa shape index (κ2) is 5.74. The third-order valence-electron chi connectivity index (χ3n) is 6.69. The van der Waals surface area contributed by atoms with Crippen LogP contribution in [0.5, 0.6) is 5.75 Å². The number of aliphatic hydroxyl groups is 1. The van der Waals surface area contributed by atoms with E-state index in [4.69, 9.17) is 4.74 Å². The summed E-state index contributed by atoms with van der Waals surface area (Å²) in [6.45, 7) is 10.9. The lowest BCUT2D eigenvalue weighted by molar-refractivity contribution is -0.124. The van der Waals surface area contributed by atoms with E-state index in [2.05, 4.69) is 40.7 Å². The van der Waals surface area contributed by atoms with E-state index in [-0.39, 0.29) is 28.8 Å². The van der Waals surface area contributed by atoms with Crippen molar-refractivity contribution in [2.24, 2.45) is 11.3 Å². The largest absolute Gasteiger partial charge is 0.508 e. The number of methoxy groups -OCH3 is 1. The van der Waals surface area contributed by atoms with E-state index in [1.807, 2.05) is 6.07 Å². The van der Waals surface area contributed by atoms with Crippen LogP contribution in [0.1, 0.15) is 82.6 Å². The highest BCUT2D eigenvalue weighted by Gasteiger charge is 2.56. The molecule has 3 nitrogen and oxygen atoms in total. The highest BCUT2D eigenvalue weighted by molar-refractivity contribution is 5.50. The molecule has 2 N–H and O–H groups in total. The second-order valence-corrected chi connectivity index (χ2v) is 9.04. The molecule has 0 bridgehead atoms. The molecule has 1 aromatic rings. The lowest BCUT2D eigenvalue weighted by atomic mass is 9.49. The molecule has 1 saturated carbocycles. The van der Waals surface area contributed by atoms with Crippen LogP contribution < -0.4 is 0 Å². The van der Waals surface area contributed by atoms with Crippen LogP contribution in [0.3, 0.4) is 0 Å². The molecule has 0 spiro atoms. The van der Waals surface area contributed by atoms with Gasteiger partial charge in [-0.25, -0.2) is 0 Å². The number of phenolic OH excluding ortho intramolecular Hbond substituents is 1. The molecule has 4 atom stereocenters. The van der Waals surface area contributed by atoms with Gasteiger partial charge in [0.1, 0.15) is 11.9 Å². The fourth-order valence-corrected chi connectivity index (χ4v) is 5.67. The van der Waals surface area contributed by atoms with Crippen LogP contribution in [0, 0.1) is 11.3 Å². The third-order valence-corrected chi connectivity index (χ3v) is 6.69. The summed E-state index contributed by atoms with van der Waals surface area (Å²) in [7, 11) is 1.68. The number of aromatic hydroxyl groups is 1. The van der Waals surface area contributed by atoms with Crippen molar-refractivity contribution in [1.29, 1.82) is 0 Å². The SMILES string of the molecule is CO[C@@H]1c2cc(C(C)C)c(O)cc2[C@@]2(C)CCCC(C)(C)[C@@H]2[C@H]1O. The summed E-state index contributed by atoms with van der Waals surface area (Å²) in [6.07, 6.45) is 2.46. The van der Waals surface area contributed by atoms with E-state index < -0.39 is 6.10 Å². The number of ether oxygens (including phenoxy) is 1. The van der Waals surface area contributed by atoms with Crippen molar-refractivity contribution >= 4 is 0 Å². The third kappa shape index (κ3) is 2.40. The Hall–Kier alpha value is -1.06. The highest BCUT2D eigenvalue weighted by Crippen LogP contribution is 2.60. The van der Waals surface area contributed by atoms with Gasteiger partial charge in [-0.2, -0.15) is 0 Å². The standard InChI is InChI=1S/C21H32O3/c1-12(2)13-10-14-15(11-16(13)22)21(5)9-7-8-20(3,4)19(21)17(23)18(14)24-6/h10-12,17-19,22-23H,7-9H2,1-6H3/t17-,18+,19-,21+/m0/s1. The quantitative estimate of drug-likeness (QED) is 0.828. The topological polar surface area (TPSA) is 49.7 Å². The summed E-state index contributed by atoms with van der Waals surface area (Å²) in [5.74, 6) is 0.733. The smallest absolute Gasteiger partial charge is 0.119 e. The normalized spacial score (nSPS) is 34.8. The first kappa shape index (κ1) is 17.8. The van der Waals surface area contributed by atoms with E-state index in [1.165, 1.54) is 5.56 Å². The molecule has 3 rings (SSSR count). The average Bonchev–Trinajstić information content (AvgIpc) is 2.46. The molecule has 1 aromatic carbocycles. The summed E-state index contributed by atoms with van der Waals surface area (Å²) in [5.41, 5.74) is 3.08. The number of phenols is 1. The summed E-state index contributed by atoms with van der Waals surface area (Å²) < 4.78 is 5.76. The van der Waals surface area contributed by atoms with Crippen molar-refractivity contribution in [3.05, 3.63) is 28.8 Å². The minimum atomic E-state index is -0.521. The van der Waals surface area contributed by atoms with Crippen LogP contribution in [0.15, 0.2) is 12.1 Å². The monoisotopic (exact) mass is 332 g/mol. The first-order chi connectivity index (χ1) is 11.1. The van der Waals surface area contributed by atoms with Crippen LogP contribution >= 0.6 is 0 Å². The van der Waals surface area contributed by atoms with Gasteiger partial charge in [0.15, 0.2) is 0 Å². The predicted octanol–water partition coefficient (Wildman–Crippen LogP) is 4.66. The maximum absolute atomic E-state index is 11.2. The summed E-state index contributed by atoms with van der Waals surface area (Å²) in [5, 5.41) is 21.8. The molecule has 0 radical (unpaired) electrons. The Kier molecular flexibility index (Phi) is 4.25. The average molecular weight is 332 g/mol. The van der Waals surface area contributed by atoms with E-state index in [0.29, 0.717) is 5.75 Å². The van der Waals surface area contributed by atoms with Crippen LogP contribution in [-0.4, -0.2) is 23.4 Å². The van der Waals surface area contributed by atoms with Gasteiger partial charge in [-0.1, -0.05) is 41.0 Å². The van der Waals surface area contributed by atoms with Crippen LogP contribution in [0.2, 0.25) is 0 Å². The Labute approximate surface area is 146 Å². The van der Waals surface area contributed by atoms with Gasteiger partial charge in [0.05, 0.1) is 6.10 Å². The van der Waals surface area contributed by atoms with E-state index >= 15 is 0 Å². The van der Waals surface area contributed by atoms with Crippen LogP contribution in [0.25, 0.3) is 0 Å². The fraction of sp³-hybridized carbons (Fsp3) is 0.714. The number of rotatable bonds is 2. The Morgan fingerprint density at radius 1 is 1.17 bits per heavy atom. The maximum Gasteiger partial charge on any atom is 0.119 e. The van der Waals surface area contributed by atoms with E-state index in [9.17, 15) is 10.2 Å². The summed E-state index contributed by atoms with van der Waals surface area (Å²) >= 11 is 0. The van der Waals surface area contributed by atoms with Crippen LogP contribution in [0.4, 0.5) is 0 Å². The van der Waals surface area contributed by atoms with Gasteiger partial charge in [-0.3, -0.25) is 0 Å². The molecule has 134 valence electrons. The van der Waals surface area contributed by atoms with E-state index in [1.54, 1.807) is 7.11 Å². The number of aliphatic hydroxyl groups excluding tert-OH is 1. The molecule has 0 saturated heterocycles. The van der Waals surface area contributed by atoms with Crippen molar-refractivity contribution < 1.29 is 14.9 Å². The van der Waals surface area contributed by atoms with Gasteiger partial charge in [-0.15, -0.1) is 0 Å². The summed E-state index contributed by atoms with van der Waals surface area (Å²) in [4.78, 5) is 0. The molecular weight excluding hydrogens is 300 g/mol. The molecule has 0 amide bonds. The first-order valence-corrected chi connectivity index (χ1v) is 9.21. The van der Waals surface area contributed by atoms with Crippen molar-refractivity contribution in [2.75, 3.05) is 7.11 Å². The minimum absolute atomic E-state index is 0.0488. The van der Waals surface area contributed by atoms with E-state index in [0.717, 1.165) is 30.4 Å². The molecule has 1 fully saturated rings. The van der Waals surface area contributed by atoms with Gasteiger partial charge < -0.3 is 14.9 Å². The second-order valence-electron chi connectivity index (χ2n) is 9.04. The van der Waals surface area contributed by atoms with Crippen molar-refractivity contribution in [1.82, 2.24) is 0 Å². The molecule has 0 unspecified atom stereocenters. The molecular formula is C21H32O3. The summed E-state index contributed by atoms with van der Waals surface area (Å²) in [6, 6.07) is 4.02. The predicted molar refractivity (Wildman–Crippen MR) is 96.4 cm³/mol. The number of fused-ring (bicyclic) bond motifs is 3. The number of benzene rings is 1. The highest BCUT2D eigenvalue weighted by atomic mass is 16.5. The molecule has 0 aromatic heterocycles. The molecule has 2 aliphatic rings. The molecule has 3 heteroatoms. The molecule has 0 aliphatic heterocycles. The number of hydrogen-bond donors (Lipinski definition) is 2. The Morgan fingerprint density at radius 3 is 2.42 bits per heavy atom. The van der Waals surface area contributed by atoms with Crippen LogP contribution in [-0.2, 0) is 10.2 Å². The zero-order valence-electron chi connectivity index (χ0n) is 15.9. The van der Waals surface area contributed by atoms with Gasteiger partial charge >= 0.3 is 0 Å². The van der Waals surface area contributed by atoms with Crippen molar-refractivity contribution in [3.63, 3.8) is 0 Å². The van der Waals surface area contributed by atoms with Gasteiger partial charge in [0, 0.05) is 13.0 Å². The lowest BCUT2D eigenvalue weighted by Crippen LogP contribution is -2.56. The Balaban J connectivity index is 2.26. The fourth-order valence-electron chi connectivity index (χ4n) is 5.67. The molecule has 24 heavy (non-hydrogen) atoms. The van der Waals surface area contributed by atoms with Crippen molar-refractivity contribution in [3.8, 4) is 5.75 Å². The number of hydrogen-bond acceptors (Lipinski definition) is 3. The maximum atomic E-state index is 11.2. The van der Waals surface area contributed by atoms with Gasteiger partial charge in [0.2, 0.25) is 0 Å². The van der Waals surface area contributed by atoms with Gasteiger partial charge in [-0.05, 0) is 58.4 Å². The zero-order chi connectivity index (χ0) is 17.9. The van der Waals surface area contributed by atoms with Gasteiger partial charge in [0.25, 0.3) is 0 Å². The molecule has 0 heterocycles.